The summed E-state index contributed by atoms with van der Waals surface area (Å²) >= 11 is 0. The average molecular weight is 689 g/mol. The molecule has 0 radical (unpaired) electrons. The predicted molar refractivity (Wildman–Crippen MR) is 173 cm³/mol. The fourth-order valence-corrected chi connectivity index (χ4v) is 4.88. The maximum atomic E-state index is 12.8. The van der Waals surface area contributed by atoms with Gasteiger partial charge in [0.05, 0.1) is 30.8 Å². The van der Waals surface area contributed by atoms with Crippen LogP contribution in [0.4, 0.5) is 10.5 Å². The number of benzene rings is 1. The van der Waals surface area contributed by atoms with Crippen LogP contribution in [0.25, 0.3) is 0 Å². The van der Waals surface area contributed by atoms with Gasteiger partial charge in [-0.1, -0.05) is 6.42 Å². The number of amides is 4. The van der Waals surface area contributed by atoms with Crippen LogP contribution >= 0.6 is 0 Å². The van der Waals surface area contributed by atoms with E-state index in [0.717, 1.165) is 0 Å². The zero-order valence-electron chi connectivity index (χ0n) is 28.2. The number of carbonyl (C=O) groups excluding carboxylic acids is 6. The van der Waals surface area contributed by atoms with E-state index in [1.54, 1.807) is 0 Å². The largest absolute Gasteiger partial charge is 0.493 e. The van der Waals surface area contributed by atoms with E-state index in [0.29, 0.717) is 50.0 Å². The van der Waals surface area contributed by atoms with Crippen LogP contribution in [-0.2, 0) is 33.5 Å². The third-order valence-corrected chi connectivity index (χ3v) is 7.65. The van der Waals surface area contributed by atoms with Crippen molar-refractivity contribution in [3.63, 3.8) is 0 Å². The number of hydrogen-bond acceptors (Lipinski definition) is 12. The standard InChI is InChI=1S/C33H44N4O12/c1-5-6-12-23(38)13-8-7-11-19-34-33(43)48-26(24-21-27(46-3)28(47-4)22-25(24)37(44)45)18-20-35(2)29(39)14-9-10-15-32(42)49-36-30(40)16-17-31(36)41/h1,21-22,26H,6-20H2,2-4H3,(H,34,43). The van der Waals surface area contributed by atoms with Crippen molar-refractivity contribution in [1.29, 1.82) is 0 Å². The Labute approximate surface area is 284 Å². The van der Waals surface area contributed by atoms with Gasteiger partial charge < -0.3 is 29.3 Å². The monoisotopic (exact) mass is 688 g/mol. The van der Waals surface area contributed by atoms with Crippen LogP contribution < -0.4 is 14.8 Å². The molecule has 16 nitrogen and oxygen atoms in total. The van der Waals surface area contributed by atoms with E-state index in [-0.39, 0.29) is 86.1 Å². The summed E-state index contributed by atoms with van der Waals surface area (Å²) < 4.78 is 16.2. The summed E-state index contributed by atoms with van der Waals surface area (Å²) in [5.74, 6) is 0.595. The molecule has 0 spiro atoms. The number of hydrogen-bond donors (Lipinski definition) is 1. The lowest BCUT2D eigenvalue weighted by Crippen LogP contribution is -2.32. The first kappa shape index (κ1) is 40.0. The Hall–Kier alpha value is -5.20. The quantitative estimate of drug-likeness (QED) is 0.0606. The lowest BCUT2D eigenvalue weighted by Gasteiger charge is -2.23. The minimum atomic E-state index is -1.16. The maximum absolute atomic E-state index is 12.8. The number of imide groups is 1. The van der Waals surface area contributed by atoms with Gasteiger partial charge in [0, 0.05) is 71.5 Å². The van der Waals surface area contributed by atoms with E-state index < -0.39 is 34.9 Å². The molecule has 1 N–H and O–H groups in total. The Kier molecular flexibility index (Phi) is 17.1. The lowest BCUT2D eigenvalue weighted by atomic mass is 10.0. The van der Waals surface area contributed by atoms with Crippen molar-refractivity contribution < 1.29 is 52.7 Å². The Balaban J connectivity index is 1.98. The van der Waals surface area contributed by atoms with Gasteiger partial charge in [0.1, 0.15) is 11.9 Å². The first-order chi connectivity index (χ1) is 23.4. The number of terminal acetylenes is 1. The molecule has 1 saturated heterocycles. The smallest absolute Gasteiger partial charge is 0.407 e. The summed E-state index contributed by atoms with van der Waals surface area (Å²) in [6, 6.07) is 2.53. The number of rotatable bonds is 22. The highest BCUT2D eigenvalue weighted by Crippen LogP contribution is 2.39. The molecule has 0 aromatic heterocycles. The maximum Gasteiger partial charge on any atom is 0.407 e. The molecular formula is C33H44N4O12. The van der Waals surface area contributed by atoms with Gasteiger partial charge in [-0.15, -0.1) is 17.4 Å². The first-order valence-electron chi connectivity index (χ1n) is 16.0. The molecule has 1 aromatic carbocycles. The van der Waals surface area contributed by atoms with Gasteiger partial charge in [0.25, 0.3) is 17.5 Å². The molecule has 49 heavy (non-hydrogen) atoms. The highest BCUT2D eigenvalue weighted by molar-refractivity contribution is 6.01. The number of ether oxygens (including phenoxy) is 3. The summed E-state index contributed by atoms with van der Waals surface area (Å²) in [7, 11) is 4.21. The summed E-state index contributed by atoms with van der Waals surface area (Å²) in [5.41, 5.74) is -0.333. The van der Waals surface area contributed by atoms with Crippen LogP contribution in [0, 0.1) is 22.5 Å². The number of nitrogens with one attached hydrogen (secondary N) is 1. The van der Waals surface area contributed by atoms with E-state index >= 15 is 0 Å². The minimum absolute atomic E-state index is 0.00400. The molecule has 0 bridgehead atoms. The third-order valence-electron chi connectivity index (χ3n) is 7.65. The third kappa shape index (κ3) is 13.4. The second-order valence-electron chi connectivity index (χ2n) is 11.3. The molecule has 1 atom stereocenters. The first-order valence-corrected chi connectivity index (χ1v) is 16.0. The molecule has 268 valence electrons. The van der Waals surface area contributed by atoms with E-state index in [1.807, 2.05) is 0 Å². The molecule has 1 aliphatic rings. The van der Waals surface area contributed by atoms with Crippen LogP contribution in [-0.4, -0.2) is 84.8 Å². The molecule has 2 rings (SSSR count). The summed E-state index contributed by atoms with van der Waals surface area (Å²) in [5, 5.41) is 15.1. The Bertz CT molecular complexity index is 1390. The number of nitrogens with zero attached hydrogens (tertiary/aromatic N) is 3. The Morgan fingerprint density at radius 1 is 0.980 bits per heavy atom. The fourth-order valence-electron chi connectivity index (χ4n) is 4.88. The number of ketones is 1. The topological polar surface area (TPSA) is 201 Å². The number of unbranched alkanes of at least 4 members (excludes halogenated alkanes) is 3. The number of carbonyl (C=O) groups is 6. The van der Waals surface area contributed by atoms with Crippen LogP contribution in [0.15, 0.2) is 12.1 Å². The zero-order chi connectivity index (χ0) is 36.3. The predicted octanol–water partition coefficient (Wildman–Crippen LogP) is 3.94. The lowest BCUT2D eigenvalue weighted by molar-refractivity contribution is -0.386. The molecular weight excluding hydrogens is 644 g/mol. The van der Waals surface area contributed by atoms with Crippen molar-refractivity contribution in [2.45, 2.75) is 89.6 Å². The molecule has 1 aromatic rings. The molecule has 4 amide bonds. The van der Waals surface area contributed by atoms with E-state index in [2.05, 4.69) is 11.2 Å². The average Bonchev–Trinajstić information content (AvgIpc) is 3.39. The summed E-state index contributed by atoms with van der Waals surface area (Å²) in [4.78, 5) is 90.2. The Morgan fingerprint density at radius 2 is 1.61 bits per heavy atom. The van der Waals surface area contributed by atoms with Gasteiger partial charge in [-0.25, -0.2) is 9.59 Å². The molecule has 0 aliphatic carbocycles. The fraction of sp³-hybridized carbons (Fsp3) is 0.576. The van der Waals surface area contributed by atoms with Crippen LogP contribution in [0.3, 0.4) is 0 Å². The molecule has 1 heterocycles. The van der Waals surface area contributed by atoms with Gasteiger partial charge >= 0.3 is 12.1 Å². The number of alkyl carbamates (subject to hydrolysis) is 1. The van der Waals surface area contributed by atoms with Crippen molar-refractivity contribution in [1.82, 2.24) is 15.3 Å². The van der Waals surface area contributed by atoms with E-state index in [1.165, 1.54) is 38.3 Å². The molecule has 1 fully saturated rings. The summed E-state index contributed by atoms with van der Waals surface area (Å²) in [6.45, 7) is 0.298. The zero-order valence-corrected chi connectivity index (χ0v) is 28.2. The van der Waals surface area contributed by atoms with Crippen molar-refractivity contribution in [3.05, 3.63) is 27.8 Å². The number of methoxy groups -OCH3 is 2. The second-order valence-corrected chi connectivity index (χ2v) is 11.3. The SMILES string of the molecule is C#CCCC(=O)CCCCCNC(=O)OC(CCN(C)C(=O)CCCCC(=O)ON1C(=O)CCC1=O)c1cc(OC)c(OC)cc1[N+](=O)[O-]. The Morgan fingerprint density at radius 3 is 2.24 bits per heavy atom. The summed E-state index contributed by atoms with van der Waals surface area (Å²) in [6.07, 6.45) is 6.74. The highest BCUT2D eigenvalue weighted by atomic mass is 16.7. The van der Waals surface area contributed by atoms with Crippen molar-refractivity contribution in [2.24, 2.45) is 0 Å². The molecule has 0 saturated carbocycles. The van der Waals surface area contributed by atoms with Crippen molar-refractivity contribution >= 4 is 41.3 Å². The van der Waals surface area contributed by atoms with Crippen molar-refractivity contribution in [3.8, 4) is 23.8 Å². The van der Waals surface area contributed by atoms with Crippen LogP contribution in [0.5, 0.6) is 11.5 Å². The van der Waals surface area contributed by atoms with Crippen LogP contribution in [0.1, 0.15) is 95.1 Å². The van der Waals surface area contributed by atoms with Crippen LogP contribution in [0.2, 0.25) is 0 Å². The van der Waals surface area contributed by atoms with Gasteiger partial charge in [0.2, 0.25) is 5.91 Å². The normalized spacial score (nSPS) is 12.9. The molecule has 1 unspecified atom stereocenters. The number of Topliss-reactive ketones (excluding diaryl/α,β-unsaturated/α-hetero) is 1. The van der Waals surface area contributed by atoms with Crippen molar-refractivity contribution in [2.75, 3.05) is 34.4 Å². The number of nitro groups is 1. The number of hydroxylamine groups is 2. The molecule has 1 aliphatic heterocycles. The second kappa shape index (κ2) is 20.9. The van der Waals surface area contributed by atoms with Gasteiger partial charge in [-0.05, 0) is 31.7 Å². The van der Waals surface area contributed by atoms with Gasteiger partial charge in [0.15, 0.2) is 11.5 Å². The minimum Gasteiger partial charge on any atom is -0.493 e. The number of nitro benzene ring substituents is 1. The van der Waals surface area contributed by atoms with E-state index in [9.17, 15) is 38.9 Å². The molecule has 16 heteroatoms. The van der Waals surface area contributed by atoms with Gasteiger partial charge in [-0.2, -0.15) is 0 Å². The highest BCUT2D eigenvalue weighted by Gasteiger charge is 2.33. The van der Waals surface area contributed by atoms with E-state index in [4.69, 9.17) is 25.5 Å². The van der Waals surface area contributed by atoms with Gasteiger partial charge in [-0.3, -0.25) is 29.3 Å².